The summed E-state index contributed by atoms with van der Waals surface area (Å²) in [4.78, 5) is 11.5. The third-order valence-electron chi connectivity index (χ3n) is 3.00. The summed E-state index contributed by atoms with van der Waals surface area (Å²) in [5, 5.41) is 1.25. The summed E-state index contributed by atoms with van der Waals surface area (Å²) in [7, 11) is 0. The molecule has 0 aliphatic rings. The van der Waals surface area contributed by atoms with Gasteiger partial charge in [-0.05, 0) is 42.5 Å². The van der Waals surface area contributed by atoms with Gasteiger partial charge in [0.2, 0.25) is 0 Å². The van der Waals surface area contributed by atoms with Crippen molar-refractivity contribution in [3.63, 3.8) is 0 Å². The maximum absolute atomic E-state index is 12.8. The van der Waals surface area contributed by atoms with Crippen LogP contribution in [0.2, 0.25) is 5.02 Å². The number of ether oxygens (including phenoxy) is 1. The van der Waals surface area contributed by atoms with Gasteiger partial charge in [-0.15, -0.1) is 0 Å². The topological polar surface area (TPSA) is 39.4 Å². The Morgan fingerprint density at radius 3 is 2.62 bits per heavy atom. The fourth-order valence-electron chi connectivity index (χ4n) is 2.01. The molecule has 0 aliphatic carbocycles. The van der Waals surface area contributed by atoms with Gasteiger partial charge in [-0.25, -0.2) is 9.18 Å². The van der Waals surface area contributed by atoms with Gasteiger partial charge >= 0.3 is 5.63 Å². The molecule has 0 radical (unpaired) electrons. The van der Waals surface area contributed by atoms with Crippen LogP contribution in [-0.2, 0) is 6.61 Å². The average molecular weight is 305 g/mol. The molecule has 0 aliphatic heterocycles. The molecule has 0 fully saturated rings. The molecule has 0 saturated carbocycles. The van der Waals surface area contributed by atoms with Crippen LogP contribution in [0.4, 0.5) is 4.39 Å². The SMILES string of the molecule is O=c1cc(COc2ccc(F)cc2)c2cc(Cl)ccc2o1. The molecule has 0 atom stereocenters. The van der Waals surface area contributed by atoms with Crippen molar-refractivity contribution in [2.45, 2.75) is 6.61 Å². The van der Waals surface area contributed by atoms with Crippen LogP contribution < -0.4 is 10.4 Å². The van der Waals surface area contributed by atoms with E-state index >= 15 is 0 Å². The largest absolute Gasteiger partial charge is 0.489 e. The average Bonchev–Trinajstić information content (AvgIpc) is 2.47. The molecule has 1 aromatic heterocycles. The lowest BCUT2D eigenvalue weighted by Crippen LogP contribution is -2.04. The zero-order valence-corrected chi connectivity index (χ0v) is 11.6. The zero-order chi connectivity index (χ0) is 14.8. The van der Waals surface area contributed by atoms with Crippen LogP contribution in [0.15, 0.2) is 57.7 Å². The highest BCUT2D eigenvalue weighted by Crippen LogP contribution is 2.23. The van der Waals surface area contributed by atoms with E-state index in [2.05, 4.69) is 0 Å². The third-order valence-corrected chi connectivity index (χ3v) is 3.23. The summed E-state index contributed by atoms with van der Waals surface area (Å²) in [6.45, 7) is 0.161. The first-order valence-electron chi connectivity index (χ1n) is 6.22. The molecule has 21 heavy (non-hydrogen) atoms. The van der Waals surface area contributed by atoms with Gasteiger partial charge in [0.05, 0.1) is 0 Å². The van der Waals surface area contributed by atoms with Crippen molar-refractivity contribution in [1.82, 2.24) is 0 Å². The summed E-state index contributed by atoms with van der Waals surface area (Å²) in [5.74, 6) is 0.180. The molecule has 106 valence electrons. The lowest BCUT2D eigenvalue weighted by molar-refractivity contribution is 0.306. The van der Waals surface area contributed by atoms with E-state index in [9.17, 15) is 9.18 Å². The molecular formula is C16H10ClFO3. The molecule has 0 amide bonds. The van der Waals surface area contributed by atoms with E-state index in [1.165, 1.54) is 30.3 Å². The van der Waals surface area contributed by atoms with Crippen LogP contribution in [-0.4, -0.2) is 0 Å². The highest BCUT2D eigenvalue weighted by atomic mass is 35.5. The van der Waals surface area contributed by atoms with Crippen LogP contribution in [0.1, 0.15) is 5.56 Å². The Hall–Kier alpha value is -2.33. The normalized spacial score (nSPS) is 10.8. The van der Waals surface area contributed by atoms with Gasteiger partial charge in [0, 0.05) is 22.0 Å². The second-order valence-electron chi connectivity index (χ2n) is 4.47. The van der Waals surface area contributed by atoms with Crippen LogP contribution >= 0.6 is 11.6 Å². The second kappa shape index (κ2) is 5.58. The third kappa shape index (κ3) is 3.06. The minimum absolute atomic E-state index is 0.161. The van der Waals surface area contributed by atoms with Crippen molar-refractivity contribution in [3.8, 4) is 5.75 Å². The second-order valence-corrected chi connectivity index (χ2v) is 4.91. The Labute approximate surface area is 124 Å². The molecule has 3 rings (SSSR count). The van der Waals surface area contributed by atoms with E-state index in [1.54, 1.807) is 18.2 Å². The number of rotatable bonds is 3. The van der Waals surface area contributed by atoms with Gasteiger partial charge < -0.3 is 9.15 Å². The van der Waals surface area contributed by atoms with Crippen molar-refractivity contribution in [2.24, 2.45) is 0 Å². The molecule has 0 bridgehead atoms. The predicted molar refractivity (Wildman–Crippen MR) is 78.2 cm³/mol. The minimum atomic E-state index is -0.456. The Kier molecular flexibility index (Phi) is 3.62. The van der Waals surface area contributed by atoms with Gasteiger partial charge in [0.15, 0.2) is 0 Å². The predicted octanol–water partition coefficient (Wildman–Crippen LogP) is 4.16. The Balaban J connectivity index is 1.94. The van der Waals surface area contributed by atoms with Crippen LogP contribution in [0.3, 0.4) is 0 Å². The Morgan fingerprint density at radius 1 is 1.10 bits per heavy atom. The van der Waals surface area contributed by atoms with Gasteiger partial charge in [-0.3, -0.25) is 0 Å². The van der Waals surface area contributed by atoms with Crippen molar-refractivity contribution in [3.05, 3.63) is 75.4 Å². The maximum atomic E-state index is 12.8. The summed E-state index contributed by atoms with van der Waals surface area (Å²) >= 11 is 5.96. The molecule has 0 N–H and O–H groups in total. The number of fused-ring (bicyclic) bond motifs is 1. The number of hydrogen-bond donors (Lipinski definition) is 0. The van der Waals surface area contributed by atoms with E-state index < -0.39 is 5.63 Å². The molecule has 3 aromatic rings. The highest BCUT2D eigenvalue weighted by molar-refractivity contribution is 6.31. The smallest absolute Gasteiger partial charge is 0.336 e. The first-order chi connectivity index (χ1) is 10.1. The van der Waals surface area contributed by atoms with Gasteiger partial charge in [0.1, 0.15) is 23.8 Å². The Morgan fingerprint density at radius 2 is 1.86 bits per heavy atom. The van der Waals surface area contributed by atoms with Crippen LogP contribution in [0, 0.1) is 5.82 Å². The van der Waals surface area contributed by atoms with E-state index in [4.69, 9.17) is 20.8 Å². The zero-order valence-electron chi connectivity index (χ0n) is 10.8. The van der Waals surface area contributed by atoms with Crippen LogP contribution in [0.5, 0.6) is 5.75 Å². The highest BCUT2D eigenvalue weighted by Gasteiger charge is 2.07. The summed E-state index contributed by atoms with van der Waals surface area (Å²) in [5.41, 5.74) is 0.653. The van der Waals surface area contributed by atoms with Crippen molar-refractivity contribution in [1.29, 1.82) is 0 Å². The van der Waals surface area contributed by atoms with Gasteiger partial charge in [-0.1, -0.05) is 11.6 Å². The molecule has 5 heteroatoms. The van der Waals surface area contributed by atoms with Crippen molar-refractivity contribution in [2.75, 3.05) is 0 Å². The quantitative estimate of drug-likeness (QED) is 0.682. The summed E-state index contributed by atoms with van der Waals surface area (Å²) in [6, 6.07) is 12.0. The maximum Gasteiger partial charge on any atom is 0.336 e. The fraction of sp³-hybridized carbons (Fsp3) is 0.0625. The summed E-state index contributed by atoms with van der Waals surface area (Å²) < 4.78 is 23.5. The molecule has 3 nitrogen and oxygen atoms in total. The van der Waals surface area contributed by atoms with Crippen molar-refractivity contribution >= 4 is 22.6 Å². The van der Waals surface area contributed by atoms with E-state index in [0.717, 1.165) is 0 Å². The van der Waals surface area contributed by atoms with E-state index in [0.29, 0.717) is 27.3 Å². The molecule has 0 spiro atoms. The van der Waals surface area contributed by atoms with Gasteiger partial charge in [-0.2, -0.15) is 0 Å². The molecule has 1 heterocycles. The van der Waals surface area contributed by atoms with Crippen molar-refractivity contribution < 1.29 is 13.5 Å². The lowest BCUT2D eigenvalue weighted by Gasteiger charge is -2.08. The molecular weight excluding hydrogens is 295 g/mol. The number of halogens is 2. The van der Waals surface area contributed by atoms with Gasteiger partial charge in [0.25, 0.3) is 0 Å². The fourth-order valence-corrected chi connectivity index (χ4v) is 2.18. The minimum Gasteiger partial charge on any atom is -0.489 e. The van der Waals surface area contributed by atoms with E-state index in [-0.39, 0.29) is 12.4 Å². The Bertz CT molecular complexity index is 840. The first kappa shape index (κ1) is 13.6. The lowest BCUT2D eigenvalue weighted by atomic mass is 10.1. The monoisotopic (exact) mass is 304 g/mol. The standard InChI is InChI=1S/C16H10ClFO3/c17-11-1-6-15-14(8-11)10(7-16(19)21-15)9-20-13-4-2-12(18)3-5-13/h1-8H,9H2. The number of benzene rings is 2. The number of hydrogen-bond acceptors (Lipinski definition) is 3. The molecule has 2 aromatic carbocycles. The summed E-state index contributed by atoms with van der Waals surface area (Å²) in [6.07, 6.45) is 0. The van der Waals surface area contributed by atoms with E-state index in [1.807, 2.05) is 0 Å². The molecule has 0 unspecified atom stereocenters. The first-order valence-corrected chi connectivity index (χ1v) is 6.60. The molecule has 0 saturated heterocycles. The van der Waals surface area contributed by atoms with Crippen LogP contribution in [0.25, 0.3) is 11.0 Å².